The Morgan fingerprint density at radius 1 is 1.18 bits per heavy atom. The van der Waals surface area contributed by atoms with Crippen LogP contribution in [-0.2, 0) is 9.47 Å². The lowest BCUT2D eigenvalue weighted by Crippen LogP contribution is -1.79. The van der Waals surface area contributed by atoms with Gasteiger partial charge in [-0.15, -0.1) is 0 Å². The summed E-state index contributed by atoms with van der Waals surface area (Å²) < 4.78 is 9.82. The van der Waals surface area contributed by atoms with Gasteiger partial charge in [-0.2, -0.15) is 0 Å². The summed E-state index contributed by atoms with van der Waals surface area (Å²) in [5.41, 5.74) is 0. The van der Waals surface area contributed by atoms with Crippen molar-refractivity contribution in [3.05, 3.63) is 24.5 Å². The Labute approximate surface area is 68.5 Å². The third kappa shape index (κ3) is 9.24. The normalized spacial score (nSPS) is 11.5. The first-order chi connectivity index (χ1) is 5.41. The largest absolute Gasteiger partial charge is 0.502 e. The molecule has 0 radical (unpaired) electrons. The Bertz CT molecular complexity index is 103. The van der Waals surface area contributed by atoms with Gasteiger partial charge in [0.2, 0.25) is 0 Å². The molecule has 0 saturated carbocycles. The van der Waals surface area contributed by atoms with E-state index in [1.165, 1.54) is 0 Å². The molecule has 2 nitrogen and oxygen atoms in total. The zero-order chi connectivity index (χ0) is 8.36. The van der Waals surface area contributed by atoms with Crippen LogP contribution in [0.1, 0.15) is 13.3 Å². The van der Waals surface area contributed by atoms with E-state index in [0.29, 0.717) is 6.61 Å². The lowest BCUT2D eigenvalue weighted by atomic mass is 10.4. The molecule has 0 fully saturated rings. The number of ether oxygens (including phenoxy) is 2. The van der Waals surface area contributed by atoms with Crippen molar-refractivity contribution >= 4 is 0 Å². The average Bonchev–Trinajstić information content (AvgIpc) is 2.03. The van der Waals surface area contributed by atoms with E-state index in [0.717, 1.165) is 13.0 Å². The molecule has 0 heterocycles. The van der Waals surface area contributed by atoms with Crippen LogP contribution in [0.15, 0.2) is 24.5 Å². The Morgan fingerprint density at radius 2 is 2.00 bits per heavy atom. The molecule has 0 saturated heterocycles. The maximum Gasteiger partial charge on any atom is 0.0845 e. The lowest BCUT2D eigenvalue weighted by molar-refractivity contribution is 0.233. The molecule has 0 aromatic rings. The first-order valence-electron chi connectivity index (χ1n) is 3.82. The average molecular weight is 156 g/mol. The van der Waals surface area contributed by atoms with Crippen LogP contribution in [0.25, 0.3) is 0 Å². The van der Waals surface area contributed by atoms with Gasteiger partial charge in [-0.25, -0.2) is 0 Å². The van der Waals surface area contributed by atoms with E-state index in [9.17, 15) is 0 Å². The molecule has 0 unspecified atom stereocenters. The zero-order valence-corrected chi connectivity index (χ0v) is 7.25. The van der Waals surface area contributed by atoms with Crippen molar-refractivity contribution in [3.8, 4) is 0 Å². The number of methoxy groups -OCH3 is 1. The second-order valence-corrected chi connectivity index (χ2v) is 1.99. The summed E-state index contributed by atoms with van der Waals surface area (Å²) in [5, 5.41) is 0. The first kappa shape index (κ1) is 10.2. The predicted octanol–water partition coefficient (Wildman–Crippen LogP) is 2.13. The Kier molecular flexibility index (Phi) is 8.60. The van der Waals surface area contributed by atoms with Crippen LogP contribution >= 0.6 is 0 Å². The summed E-state index contributed by atoms with van der Waals surface area (Å²) in [5.74, 6) is 0. The molecule has 2 heteroatoms. The standard InChI is InChI=1S/C9H16O2/c1-3-11-9-7-5-4-6-8-10-2/h4,6-7,9H,3,5,8H2,1-2H3/b6-4+,9-7+. The maximum atomic E-state index is 4.99. The smallest absolute Gasteiger partial charge is 0.0845 e. The van der Waals surface area contributed by atoms with E-state index in [1.54, 1.807) is 13.4 Å². The van der Waals surface area contributed by atoms with E-state index in [-0.39, 0.29) is 0 Å². The summed E-state index contributed by atoms with van der Waals surface area (Å²) >= 11 is 0. The molecule has 0 aliphatic heterocycles. The number of allylic oxidation sites excluding steroid dienone is 2. The fourth-order valence-corrected chi connectivity index (χ4v) is 0.559. The van der Waals surface area contributed by atoms with Gasteiger partial charge in [0.1, 0.15) is 0 Å². The summed E-state index contributed by atoms with van der Waals surface area (Å²) in [6, 6.07) is 0. The molecule has 0 N–H and O–H groups in total. The van der Waals surface area contributed by atoms with Crippen molar-refractivity contribution in [2.45, 2.75) is 13.3 Å². The highest BCUT2D eigenvalue weighted by Crippen LogP contribution is 1.86. The van der Waals surface area contributed by atoms with Gasteiger partial charge >= 0.3 is 0 Å². The molecule has 0 bridgehead atoms. The Hall–Kier alpha value is -0.760. The van der Waals surface area contributed by atoms with Crippen molar-refractivity contribution in [1.82, 2.24) is 0 Å². The predicted molar refractivity (Wildman–Crippen MR) is 46.4 cm³/mol. The Balaban J connectivity index is 3.11. The van der Waals surface area contributed by atoms with E-state index in [1.807, 2.05) is 25.2 Å². The minimum Gasteiger partial charge on any atom is -0.502 e. The van der Waals surface area contributed by atoms with Gasteiger partial charge in [-0.3, -0.25) is 0 Å². The third-order valence-electron chi connectivity index (χ3n) is 1.06. The maximum absolute atomic E-state index is 4.99. The molecule has 0 aromatic heterocycles. The molecule has 0 aliphatic rings. The van der Waals surface area contributed by atoms with Crippen LogP contribution in [0.5, 0.6) is 0 Å². The third-order valence-corrected chi connectivity index (χ3v) is 1.06. The zero-order valence-electron chi connectivity index (χ0n) is 7.25. The van der Waals surface area contributed by atoms with Gasteiger partial charge in [-0.1, -0.05) is 12.2 Å². The fraction of sp³-hybridized carbons (Fsp3) is 0.556. The topological polar surface area (TPSA) is 18.5 Å². The lowest BCUT2D eigenvalue weighted by Gasteiger charge is -1.90. The second-order valence-electron chi connectivity index (χ2n) is 1.99. The minimum absolute atomic E-state index is 0.683. The van der Waals surface area contributed by atoms with E-state index in [4.69, 9.17) is 9.47 Å². The Morgan fingerprint density at radius 3 is 2.64 bits per heavy atom. The number of hydrogen-bond acceptors (Lipinski definition) is 2. The van der Waals surface area contributed by atoms with Gasteiger partial charge in [-0.05, 0) is 19.4 Å². The number of hydrogen-bond donors (Lipinski definition) is 0. The van der Waals surface area contributed by atoms with Crippen molar-refractivity contribution in [1.29, 1.82) is 0 Å². The van der Waals surface area contributed by atoms with Crippen LogP contribution in [-0.4, -0.2) is 20.3 Å². The summed E-state index contributed by atoms with van der Waals surface area (Å²) in [6.45, 7) is 3.38. The summed E-state index contributed by atoms with van der Waals surface area (Å²) in [4.78, 5) is 0. The van der Waals surface area contributed by atoms with Crippen molar-refractivity contribution in [2.24, 2.45) is 0 Å². The van der Waals surface area contributed by atoms with Gasteiger partial charge in [0.15, 0.2) is 0 Å². The van der Waals surface area contributed by atoms with Crippen molar-refractivity contribution in [3.63, 3.8) is 0 Å². The van der Waals surface area contributed by atoms with Gasteiger partial charge in [0, 0.05) is 7.11 Å². The molecule has 0 rings (SSSR count). The monoisotopic (exact) mass is 156 g/mol. The summed E-state index contributed by atoms with van der Waals surface area (Å²) in [6.07, 6.45) is 8.62. The molecule has 64 valence electrons. The van der Waals surface area contributed by atoms with Crippen molar-refractivity contribution < 1.29 is 9.47 Å². The highest BCUT2D eigenvalue weighted by Gasteiger charge is 1.72. The van der Waals surface area contributed by atoms with Gasteiger partial charge in [0.25, 0.3) is 0 Å². The molecule has 0 atom stereocenters. The SMILES string of the molecule is CCO/C=C/C/C=C/COC. The van der Waals surface area contributed by atoms with Crippen molar-refractivity contribution in [2.75, 3.05) is 20.3 Å². The van der Waals surface area contributed by atoms with Gasteiger partial charge < -0.3 is 9.47 Å². The van der Waals surface area contributed by atoms with E-state index in [2.05, 4.69) is 0 Å². The van der Waals surface area contributed by atoms with Crippen LogP contribution in [0.4, 0.5) is 0 Å². The molecule has 0 amide bonds. The van der Waals surface area contributed by atoms with Crippen LogP contribution in [0.3, 0.4) is 0 Å². The van der Waals surface area contributed by atoms with E-state index < -0.39 is 0 Å². The molecule has 0 spiro atoms. The molecule has 0 aromatic carbocycles. The fourth-order valence-electron chi connectivity index (χ4n) is 0.559. The summed E-state index contributed by atoms with van der Waals surface area (Å²) in [7, 11) is 1.68. The van der Waals surface area contributed by atoms with Gasteiger partial charge in [0.05, 0.1) is 19.5 Å². The van der Waals surface area contributed by atoms with Crippen LogP contribution < -0.4 is 0 Å². The quantitative estimate of drug-likeness (QED) is 0.433. The van der Waals surface area contributed by atoms with Crippen LogP contribution in [0, 0.1) is 0 Å². The highest BCUT2D eigenvalue weighted by molar-refractivity contribution is 4.89. The molecular weight excluding hydrogens is 140 g/mol. The second kappa shape index (κ2) is 9.24. The molecule has 11 heavy (non-hydrogen) atoms. The van der Waals surface area contributed by atoms with E-state index >= 15 is 0 Å². The molecule has 0 aliphatic carbocycles. The first-order valence-corrected chi connectivity index (χ1v) is 3.82. The van der Waals surface area contributed by atoms with Crippen LogP contribution in [0.2, 0.25) is 0 Å². The number of rotatable bonds is 6. The minimum atomic E-state index is 0.683. The highest BCUT2D eigenvalue weighted by atomic mass is 16.5. The molecular formula is C9H16O2.